The van der Waals surface area contributed by atoms with E-state index in [9.17, 15) is 14.4 Å². The fourth-order valence-corrected chi connectivity index (χ4v) is 1.56. The lowest BCUT2D eigenvalue weighted by Gasteiger charge is -2.23. The molecule has 0 rings (SSSR count). The van der Waals surface area contributed by atoms with Gasteiger partial charge >= 0.3 is 5.97 Å². The maximum absolute atomic E-state index is 12.0. The van der Waals surface area contributed by atoms with E-state index in [0.29, 0.717) is 6.42 Å². The number of hydrogen-bond acceptors (Lipinski definition) is 3. The van der Waals surface area contributed by atoms with Gasteiger partial charge in [-0.2, -0.15) is 0 Å². The van der Waals surface area contributed by atoms with Crippen molar-refractivity contribution >= 4 is 17.8 Å². The number of carbonyl (C=O) groups is 3. The summed E-state index contributed by atoms with van der Waals surface area (Å²) in [4.78, 5) is 34.0. The number of rotatable bonds is 8. The summed E-state index contributed by atoms with van der Waals surface area (Å²) in [5.74, 6) is -2.04. The SMILES string of the molecule is C=CCC[C@@H](NC(=O)[C@H](NC(C)=O)C(C)C)C(=O)O. The van der Waals surface area contributed by atoms with E-state index in [4.69, 9.17) is 5.11 Å². The van der Waals surface area contributed by atoms with Gasteiger partial charge in [-0.3, -0.25) is 9.59 Å². The van der Waals surface area contributed by atoms with Crippen molar-refractivity contribution < 1.29 is 19.5 Å². The summed E-state index contributed by atoms with van der Waals surface area (Å²) in [7, 11) is 0. The van der Waals surface area contributed by atoms with Crippen LogP contribution in [-0.4, -0.2) is 35.0 Å². The summed E-state index contributed by atoms with van der Waals surface area (Å²) in [6, 6.07) is -1.71. The van der Waals surface area contributed by atoms with Gasteiger partial charge in [-0.25, -0.2) is 4.79 Å². The first-order valence-corrected chi connectivity index (χ1v) is 6.20. The molecule has 0 aromatic heterocycles. The van der Waals surface area contributed by atoms with Crippen LogP contribution in [0.25, 0.3) is 0 Å². The number of amides is 2. The van der Waals surface area contributed by atoms with E-state index in [-0.39, 0.29) is 18.2 Å². The van der Waals surface area contributed by atoms with Crippen LogP contribution in [0.3, 0.4) is 0 Å². The molecule has 2 atom stereocenters. The van der Waals surface area contributed by atoms with Crippen molar-refractivity contribution in [2.45, 2.75) is 45.7 Å². The second-order valence-corrected chi connectivity index (χ2v) is 4.69. The Kier molecular flexibility index (Phi) is 7.48. The number of allylic oxidation sites excluding steroid dienone is 1. The van der Waals surface area contributed by atoms with E-state index in [0.717, 1.165) is 0 Å². The van der Waals surface area contributed by atoms with Gasteiger partial charge in [-0.1, -0.05) is 19.9 Å². The third-order valence-electron chi connectivity index (χ3n) is 2.58. The fourth-order valence-electron chi connectivity index (χ4n) is 1.56. The molecule has 0 aliphatic carbocycles. The zero-order chi connectivity index (χ0) is 15.0. The normalized spacial score (nSPS) is 13.5. The standard InChI is InChI=1S/C13H22N2O4/c1-5-6-7-10(13(18)19)15-12(17)11(8(2)3)14-9(4)16/h5,8,10-11H,1,6-7H2,2-4H3,(H,14,16)(H,15,17)(H,18,19)/t10-,11-/m1/s1. The molecule has 0 aromatic rings. The van der Waals surface area contributed by atoms with Gasteiger partial charge < -0.3 is 15.7 Å². The molecular weight excluding hydrogens is 248 g/mol. The summed E-state index contributed by atoms with van der Waals surface area (Å²) in [5.41, 5.74) is 0. The summed E-state index contributed by atoms with van der Waals surface area (Å²) >= 11 is 0. The lowest BCUT2D eigenvalue weighted by Crippen LogP contribution is -2.53. The van der Waals surface area contributed by atoms with E-state index >= 15 is 0 Å². The Morgan fingerprint density at radius 1 is 1.26 bits per heavy atom. The number of nitrogens with one attached hydrogen (secondary N) is 2. The van der Waals surface area contributed by atoms with Gasteiger partial charge in [-0.15, -0.1) is 6.58 Å². The highest BCUT2D eigenvalue weighted by Gasteiger charge is 2.27. The van der Waals surface area contributed by atoms with Crippen LogP contribution >= 0.6 is 0 Å². The Bertz CT molecular complexity index is 353. The molecule has 2 amide bonds. The zero-order valence-electron chi connectivity index (χ0n) is 11.6. The summed E-state index contributed by atoms with van der Waals surface area (Å²) in [6.45, 7) is 8.38. The number of hydrogen-bond donors (Lipinski definition) is 3. The molecule has 0 aromatic carbocycles. The second-order valence-electron chi connectivity index (χ2n) is 4.69. The summed E-state index contributed by atoms with van der Waals surface area (Å²) in [5, 5.41) is 14.0. The molecule has 6 heteroatoms. The first-order valence-electron chi connectivity index (χ1n) is 6.20. The molecule has 19 heavy (non-hydrogen) atoms. The quantitative estimate of drug-likeness (QED) is 0.565. The van der Waals surface area contributed by atoms with Gasteiger partial charge in [0, 0.05) is 6.92 Å². The molecule has 3 N–H and O–H groups in total. The maximum Gasteiger partial charge on any atom is 0.326 e. The van der Waals surface area contributed by atoms with Crippen LogP contribution in [0.1, 0.15) is 33.6 Å². The Labute approximate surface area is 113 Å². The van der Waals surface area contributed by atoms with Crippen molar-refractivity contribution in [2.75, 3.05) is 0 Å². The average molecular weight is 270 g/mol. The Hall–Kier alpha value is -1.85. The van der Waals surface area contributed by atoms with Gasteiger partial charge in [0.2, 0.25) is 11.8 Å². The third-order valence-corrected chi connectivity index (χ3v) is 2.58. The first-order chi connectivity index (χ1) is 8.79. The second kappa shape index (κ2) is 8.29. The predicted molar refractivity (Wildman–Crippen MR) is 71.4 cm³/mol. The summed E-state index contributed by atoms with van der Waals surface area (Å²) < 4.78 is 0. The van der Waals surface area contributed by atoms with E-state index < -0.39 is 24.0 Å². The van der Waals surface area contributed by atoms with Crippen molar-refractivity contribution in [3.05, 3.63) is 12.7 Å². The molecule has 0 unspecified atom stereocenters. The average Bonchev–Trinajstić information content (AvgIpc) is 2.30. The zero-order valence-corrected chi connectivity index (χ0v) is 11.6. The lowest BCUT2D eigenvalue weighted by molar-refractivity contribution is -0.142. The van der Waals surface area contributed by atoms with E-state index in [1.807, 2.05) is 0 Å². The third kappa shape index (κ3) is 6.59. The van der Waals surface area contributed by atoms with E-state index in [2.05, 4.69) is 17.2 Å². The van der Waals surface area contributed by atoms with Crippen molar-refractivity contribution in [3.8, 4) is 0 Å². The molecule has 0 saturated heterocycles. The van der Waals surface area contributed by atoms with Gasteiger partial charge in [0.25, 0.3) is 0 Å². The number of carboxylic acids is 1. The lowest BCUT2D eigenvalue weighted by atomic mass is 10.0. The molecule has 0 bridgehead atoms. The van der Waals surface area contributed by atoms with Gasteiger partial charge in [0.05, 0.1) is 0 Å². The minimum absolute atomic E-state index is 0.127. The van der Waals surface area contributed by atoms with E-state index in [1.54, 1.807) is 19.9 Å². The van der Waals surface area contributed by atoms with Crippen molar-refractivity contribution in [1.82, 2.24) is 10.6 Å². The minimum atomic E-state index is -1.10. The highest BCUT2D eigenvalue weighted by atomic mass is 16.4. The van der Waals surface area contributed by atoms with Crippen LogP contribution in [0.4, 0.5) is 0 Å². The van der Waals surface area contributed by atoms with Crippen LogP contribution in [0, 0.1) is 5.92 Å². The Morgan fingerprint density at radius 3 is 2.21 bits per heavy atom. The Morgan fingerprint density at radius 2 is 1.84 bits per heavy atom. The predicted octanol–water partition coefficient (Wildman–Crippen LogP) is 0.683. The van der Waals surface area contributed by atoms with E-state index in [1.165, 1.54) is 6.92 Å². The van der Waals surface area contributed by atoms with Crippen LogP contribution in [-0.2, 0) is 14.4 Å². The first kappa shape index (κ1) is 17.2. The summed E-state index contributed by atoms with van der Waals surface area (Å²) in [6.07, 6.45) is 2.36. The van der Waals surface area contributed by atoms with Gasteiger partial charge in [0.15, 0.2) is 0 Å². The molecule has 0 aliphatic heterocycles. The molecule has 0 fully saturated rings. The molecule has 0 heterocycles. The monoisotopic (exact) mass is 270 g/mol. The molecule has 0 radical (unpaired) electrons. The molecular formula is C13H22N2O4. The number of aliphatic carboxylic acids is 1. The molecule has 0 saturated carbocycles. The molecule has 0 aliphatic rings. The minimum Gasteiger partial charge on any atom is -0.480 e. The maximum atomic E-state index is 12.0. The largest absolute Gasteiger partial charge is 0.480 e. The fraction of sp³-hybridized carbons (Fsp3) is 0.615. The van der Waals surface area contributed by atoms with Crippen LogP contribution < -0.4 is 10.6 Å². The van der Waals surface area contributed by atoms with Crippen molar-refractivity contribution in [3.63, 3.8) is 0 Å². The van der Waals surface area contributed by atoms with Crippen LogP contribution in [0.5, 0.6) is 0 Å². The Balaban J connectivity index is 4.70. The number of carboxylic acid groups (broad SMARTS) is 1. The highest BCUT2D eigenvalue weighted by Crippen LogP contribution is 2.05. The molecule has 108 valence electrons. The molecule has 6 nitrogen and oxygen atoms in total. The van der Waals surface area contributed by atoms with Gasteiger partial charge in [0.1, 0.15) is 12.1 Å². The van der Waals surface area contributed by atoms with Crippen LogP contribution in [0.2, 0.25) is 0 Å². The van der Waals surface area contributed by atoms with Gasteiger partial charge in [-0.05, 0) is 18.8 Å². The number of carbonyl (C=O) groups excluding carboxylic acids is 2. The topological polar surface area (TPSA) is 95.5 Å². The molecule has 0 spiro atoms. The van der Waals surface area contributed by atoms with Crippen LogP contribution in [0.15, 0.2) is 12.7 Å². The highest BCUT2D eigenvalue weighted by molar-refractivity contribution is 5.90. The van der Waals surface area contributed by atoms with Crippen molar-refractivity contribution in [1.29, 1.82) is 0 Å². The smallest absolute Gasteiger partial charge is 0.326 e. The van der Waals surface area contributed by atoms with Crippen molar-refractivity contribution in [2.24, 2.45) is 5.92 Å².